The molecule has 0 aromatic heterocycles. The summed E-state index contributed by atoms with van der Waals surface area (Å²) >= 11 is 1.79. The van der Waals surface area contributed by atoms with Crippen molar-refractivity contribution in [3.63, 3.8) is 0 Å². The molecule has 52 valence electrons. The molecule has 0 aromatic rings. The highest BCUT2D eigenvalue weighted by atomic mass is 32.2. The zero-order valence-electron chi connectivity index (χ0n) is 5.89. The molecule has 0 atom stereocenters. The van der Waals surface area contributed by atoms with Gasteiger partial charge in [0.1, 0.15) is 14.1 Å². The Morgan fingerprint density at radius 1 is 1.56 bits per heavy atom. The molecule has 0 bridgehead atoms. The minimum absolute atomic E-state index is 0.889. The first-order valence-corrected chi connectivity index (χ1v) is 4.09. The second kappa shape index (κ2) is 3.11. The summed E-state index contributed by atoms with van der Waals surface area (Å²) in [4.78, 5) is 0. The van der Waals surface area contributed by atoms with Crippen LogP contribution in [0.5, 0.6) is 0 Å². The third kappa shape index (κ3) is 1.90. The van der Waals surface area contributed by atoms with Gasteiger partial charge in [0, 0.05) is 5.75 Å². The fraction of sp³-hybridized carbons (Fsp3) is 0.833. The fourth-order valence-electron chi connectivity index (χ4n) is 0.678. The van der Waals surface area contributed by atoms with Crippen molar-refractivity contribution in [3.8, 4) is 0 Å². The first kappa shape index (κ1) is 6.93. The quantitative estimate of drug-likeness (QED) is 0.468. The molecule has 9 heavy (non-hydrogen) atoms. The highest BCUT2D eigenvalue weighted by Crippen LogP contribution is 2.12. The van der Waals surface area contributed by atoms with Gasteiger partial charge >= 0.3 is 5.23 Å². The Labute approximate surface area is 59.9 Å². The van der Waals surface area contributed by atoms with Gasteiger partial charge in [-0.2, -0.15) is 4.58 Å². The zero-order valence-corrected chi connectivity index (χ0v) is 6.70. The summed E-state index contributed by atoms with van der Waals surface area (Å²) in [6, 6.07) is 0. The van der Waals surface area contributed by atoms with Gasteiger partial charge in [-0.1, -0.05) is 0 Å². The standard InChI is InChI=1S/C6H12NOS/c1-7(2)6-8-4-3-5-9-6/h3-5H2,1-2H3/q+1. The minimum atomic E-state index is 0.889. The molecule has 1 rings (SSSR count). The summed E-state index contributed by atoms with van der Waals surface area (Å²) in [5, 5.41) is 1.06. The molecule has 0 N–H and O–H groups in total. The largest absolute Gasteiger partial charge is 0.439 e. The van der Waals surface area contributed by atoms with E-state index in [2.05, 4.69) is 0 Å². The molecular weight excluding hydrogens is 134 g/mol. The summed E-state index contributed by atoms with van der Waals surface area (Å²) < 4.78 is 7.36. The van der Waals surface area contributed by atoms with E-state index in [9.17, 15) is 0 Å². The van der Waals surface area contributed by atoms with Crippen LogP contribution in [-0.2, 0) is 4.74 Å². The number of thioether (sulfide) groups is 1. The molecule has 0 saturated carbocycles. The summed E-state index contributed by atoms with van der Waals surface area (Å²) in [7, 11) is 4.02. The Morgan fingerprint density at radius 3 is 2.67 bits per heavy atom. The van der Waals surface area contributed by atoms with Crippen molar-refractivity contribution in [2.45, 2.75) is 6.42 Å². The van der Waals surface area contributed by atoms with Crippen LogP contribution in [0.2, 0.25) is 0 Å². The number of hydrogen-bond acceptors (Lipinski definition) is 2. The van der Waals surface area contributed by atoms with Gasteiger partial charge in [-0.25, -0.2) is 0 Å². The van der Waals surface area contributed by atoms with E-state index >= 15 is 0 Å². The smallest absolute Gasteiger partial charge is 0.400 e. The SMILES string of the molecule is C[N+](C)=C1OCCCS1. The van der Waals surface area contributed by atoms with Crippen molar-refractivity contribution >= 4 is 17.0 Å². The van der Waals surface area contributed by atoms with E-state index in [0.29, 0.717) is 0 Å². The van der Waals surface area contributed by atoms with Gasteiger partial charge in [0.2, 0.25) is 0 Å². The lowest BCUT2D eigenvalue weighted by Gasteiger charge is -2.09. The van der Waals surface area contributed by atoms with E-state index < -0.39 is 0 Å². The molecular formula is C6H12NOS+. The van der Waals surface area contributed by atoms with Gasteiger partial charge in [0.15, 0.2) is 0 Å². The average Bonchev–Trinajstić information content (AvgIpc) is 1.90. The highest BCUT2D eigenvalue weighted by molar-refractivity contribution is 8.13. The molecule has 0 aromatic carbocycles. The van der Waals surface area contributed by atoms with Crippen LogP contribution in [-0.4, -0.2) is 36.3 Å². The second-order valence-corrected chi connectivity index (χ2v) is 3.26. The maximum Gasteiger partial charge on any atom is 0.400 e. The summed E-state index contributed by atoms with van der Waals surface area (Å²) in [5.74, 6) is 1.20. The van der Waals surface area contributed by atoms with Crippen LogP contribution in [0.1, 0.15) is 6.42 Å². The van der Waals surface area contributed by atoms with Gasteiger partial charge in [0.25, 0.3) is 0 Å². The summed E-state index contributed by atoms with van der Waals surface area (Å²) in [6.07, 6.45) is 1.18. The van der Waals surface area contributed by atoms with Crippen LogP contribution in [0.3, 0.4) is 0 Å². The zero-order chi connectivity index (χ0) is 6.69. The molecule has 0 unspecified atom stereocenters. The van der Waals surface area contributed by atoms with E-state index in [0.717, 1.165) is 11.8 Å². The maximum atomic E-state index is 5.34. The Kier molecular flexibility index (Phi) is 2.39. The summed E-state index contributed by atoms with van der Waals surface area (Å²) in [5.41, 5.74) is 0. The van der Waals surface area contributed by atoms with E-state index in [1.807, 2.05) is 18.7 Å². The normalized spacial score (nSPS) is 19.1. The van der Waals surface area contributed by atoms with Crippen LogP contribution in [0.25, 0.3) is 0 Å². The first-order chi connectivity index (χ1) is 4.30. The van der Waals surface area contributed by atoms with Crippen molar-refractivity contribution in [1.82, 2.24) is 0 Å². The molecule has 1 heterocycles. The van der Waals surface area contributed by atoms with E-state index in [4.69, 9.17) is 4.74 Å². The predicted molar refractivity (Wildman–Crippen MR) is 40.1 cm³/mol. The topological polar surface area (TPSA) is 12.2 Å². The monoisotopic (exact) mass is 146 g/mol. The Bertz CT molecular complexity index is 121. The van der Waals surface area contributed by atoms with Gasteiger partial charge in [-0.3, -0.25) is 0 Å². The van der Waals surface area contributed by atoms with Crippen LogP contribution in [0.4, 0.5) is 0 Å². The first-order valence-electron chi connectivity index (χ1n) is 3.10. The average molecular weight is 146 g/mol. The van der Waals surface area contributed by atoms with Crippen molar-refractivity contribution in [2.75, 3.05) is 26.5 Å². The van der Waals surface area contributed by atoms with Crippen LogP contribution < -0.4 is 0 Å². The molecule has 3 heteroatoms. The van der Waals surface area contributed by atoms with E-state index in [1.165, 1.54) is 12.2 Å². The Balaban J connectivity index is 2.49. The van der Waals surface area contributed by atoms with Crippen molar-refractivity contribution < 1.29 is 9.31 Å². The van der Waals surface area contributed by atoms with E-state index in [1.54, 1.807) is 11.8 Å². The van der Waals surface area contributed by atoms with Gasteiger partial charge in [0.05, 0.1) is 6.61 Å². The molecule has 0 radical (unpaired) electrons. The van der Waals surface area contributed by atoms with Gasteiger partial charge in [-0.15, -0.1) is 0 Å². The molecule has 1 saturated heterocycles. The molecule has 2 nitrogen and oxygen atoms in total. The molecule has 1 aliphatic rings. The van der Waals surface area contributed by atoms with Gasteiger partial charge in [-0.05, 0) is 18.2 Å². The second-order valence-electron chi connectivity index (χ2n) is 2.21. The Morgan fingerprint density at radius 2 is 2.33 bits per heavy atom. The molecule has 1 aliphatic heterocycles. The van der Waals surface area contributed by atoms with Crippen molar-refractivity contribution in [3.05, 3.63) is 0 Å². The van der Waals surface area contributed by atoms with Crippen molar-refractivity contribution in [1.29, 1.82) is 0 Å². The lowest BCUT2D eigenvalue weighted by Crippen LogP contribution is -2.19. The lowest BCUT2D eigenvalue weighted by molar-refractivity contribution is -0.470. The van der Waals surface area contributed by atoms with Crippen LogP contribution in [0, 0.1) is 0 Å². The maximum absolute atomic E-state index is 5.34. The number of hydrogen-bond donors (Lipinski definition) is 0. The predicted octanol–water partition coefficient (Wildman–Crippen LogP) is 0.768. The minimum Gasteiger partial charge on any atom is -0.439 e. The number of rotatable bonds is 0. The Hall–Kier alpha value is -0.180. The molecule has 1 fully saturated rings. The lowest BCUT2D eigenvalue weighted by atomic mass is 10.5. The van der Waals surface area contributed by atoms with Crippen molar-refractivity contribution in [2.24, 2.45) is 0 Å². The molecule has 0 spiro atoms. The van der Waals surface area contributed by atoms with E-state index in [-0.39, 0.29) is 0 Å². The number of ether oxygens (including phenoxy) is 1. The highest BCUT2D eigenvalue weighted by Gasteiger charge is 2.14. The van der Waals surface area contributed by atoms with Gasteiger partial charge < -0.3 is 4.74 Å². The molecule has 0 aliphatic carbocycles. The summed E-state index contributed by atoms with van der Waals surface area (Å²) in [6.45, 7) is 0.889. The van der Waals surface area contributed by atoms with Crippen LogP contribution in [0.15, 0.2) is 0 Å². The number of nitrogens with zero attached hydrogens (tertiary/aromatic N) is 1. The third-order valence-electron chi connectivity index (χ3n) is 1.10. The fourth-order valence-corrected chi connectivity index (χ4v) is 1.54. The third-order valence-corrected chi connectivity index (χ3v) is 2.33. The van der Waals surface area contributed by atoms with Crippen LogP contribution >= 0.6 is 11.8 Å². The molecule has 0 amide bonds.